The van der Waals surface area contributed by atoms with Gasteiger partial charge in [-0.1, -0.05) is 6.07 Å². The lowest BCUT2D eigenvalue weighted by Crippen LogP contribution is -2.04. The molecule has 15 heavy (non-hydrogen) atoms. The van der Waals surface area contributed by atoms with E-state index in [1.165, 1.54) is 5.56 Å². The maximum atomic E-state index is 4.25. The summed E-state index contributed by atoms with van der Waals surface area (Å²) < 4.78 is 0.886. The second-order valence-electron chi connectivity index (χ2n) is 3.01. The zero-order valence-corrected chi connectivity index (χ0v) is 10.4. The lowest BCUT2D eigenvalue weighted by molar-refractivity contribution is 1.00. The van der Waals surface area contributed by atoms with Gasteiger partial charge >= 0.3 is 0 Å². The summed E-state index contributed by atoms with van der Waals surface area (Å²) in [7, 11) is 0. The summed E-state index contributed by atoms with van der Waals surface area (Å²) in [5.41, 5.74) is 1.24. The number of thiazole rings is 1. The van der Waals surface area contributed by atoms with Gasteiger partial charge in [-0.15, -0.1) is 11.3 Å². The number of nitrogens with one attached hydrogen (secondary N) is 1. The van der Waals surface area contributed by atoms with Gasteiger partial charge < -0.3 is 5.32 Å². The van der Waals surface area contributed by atoms with Crippen molar-refractivity contribution in [2.45, 2.75) is 6.42 Å². The molecule has 78 valence electrons. The van der Waals surface area contributed by atoms with Crippen molar-refractivity contribution in [3.05, 3.63) is 40.1 Å². The average molecular weight is 284 g/mol. The number of hydrogen-bond acceptors (Lipinski definition) is 4. The molecule has 2 aromatic rings. The molecular weight excluding hydrogens is 274 g/mol. The van der Waals surface area contributed by atoms with Gasteiger partial charge in [-0.3, -0.25) is 4.98 Å². The standard InChI is InChI=1S/C10H10BrN3S/c11-9-7-15-10(14-9)13-5-3-8-2-1-4-12-6-8/h1-2,4,6-7H,3,5H2,(H,13,14). The third-order valence-electron chi connectivity index (χ3n) is 1.89. The van der Waals surface area contributed by atoms with Crippen LogP contribution in [-0.4, -0.2) is 16.5 Å². The Morgan fingerprint density at radius 3 is 3.07 bits per heavy atom. The SMILES string of the molecule is Brc1csc(NCCc2cccnc2)n1. The largest absolute Gasteiger partial charge is 0.361 e. The predicted octanol–water partition coefficient (Wildman–Crippen LogP) is 2.96. The third-order valence-corrected chi connectivity index (χ3v) is 3.40. The quantitative estimate of drug-likeness (QED) is 0.938. The highest BCUT2D eigenvalue weighted by atomic mass is 79.9. The zero-order valence-electron chi connectivity index (χ0n) is 7.98. The van der Waals surface area contributed by atoms with Crippen molar-refractivity contribution in [1.29, 1.82) is 0 Å². The Bertz CT molecular complexity index is 416. The van der Waals surface area contributed by atoms with Crippen molar-refractivity contribution < 1.29 is 0 Å². The number of rotatable bonds is 4. The Balaban J connectivity index is 1.80. The number of aromatic nitrogens is 2. The first kappa shape index (κ1) is 10.6. The van der Waals surface area contributed by atoms with Gasteiger partial charge in [0.1, 0.15) is 4.60 Å². The Hall–Kier alpha value is -0.940. The summed E-state index contributed by atoms with van der Waals surface area (Å²) in [5, 5.41) is 6.18. The van der Waals surface area contributed by atoms with Crippen LogP contribution in [0, 0.1) is 0 Å². The number of nitrogens with zero attached hydrogens (tertiary/aromatic N) is 2. The van der Waals surface area contributed by atoms with Crippen molar-refractivity contribution in [1.82, 2.24) is 9.97 Å². The number of anilines is 1. The maximum absolute atomic E-state index is 4.25. The molecule has 2 rings (SSSR count). The van der Waals surface area contributed by atoms with Crippen LogP contribution >= 0.6 is 27.3 Å². The zero-order chi connectivity index (χ0) is 10.5. The van der Waals surface area contributed by atoms with Crippen molar-refractivity contribution in [2.24, 2.45) is 0 Å². The average Bonchev–Trinajstić information content (AvgIpc) is 2.66. The highest BCUT2D eigenvalue weighted by Crippen LogP contribution is 2.19. The van der Waals surface area contributed by atoms with Crippen LogP contribution in [0.2, 0.25) is 0 Å². The first-order chi connectivity index (χ1) is 7.34. The van der Waals surface area contributed by atoms with E-state index >= 15 is 0 Å². The van der Waals surface area contributed by atoms with Gasteiger partial charge in [0.2, 0.25) is 0 Å². The van der Waals surface area contributed by atoms with Crippen molar-refractivity contribution in [3.63, 3.8) is 0 Å². The molecule has 0 aliphatic rings. The number of pyridine rings is 1. The molecule has 2 aromatic heterocycles. The fourth-order valence-corrected chi connectivity index (χ4v) is 2.37. The van der Waals surface area contributed by atoms with Crippen LogP contribution in [0.25, 0.3) is 0 Å². The van der Waals surface area contributed by atoms with Crippen LogP contribution in [0.3, 0.4) is 0 Å². The minimum absolute atomic E-state index is 0.881. The molecule has 2 heterocycles. The molecule has 0 fully saturated rings. The molecule has 0 atom stereocenters. The van der Waals surface area contributed by atoms with Crippen LogP contribution in [0.1, 0.15) is 5.56 Å². The molecule has 0 radical (unpaired) electrons. The second kappa shape index (κ2) is 5.23. The molecule has 1 N–H and O–H groups in total. The Kier molecular flexibility index (Phi) is 3.69. The number of halogens is 1. The van der Waals surface area contributed by atoms with Gasteiger partial charge in [0.15, 0.2) is 5.13 Å². The lowest BCUT2D eigenvalue weighted by atomic mass is 10.2. The highest BCUT2D eigenvalue weighted by Gasteiger charge is 1.98. The van der Waals surface area contributed by atoms with Crippen LogP contribution in [0.5, 0.6) is 0 Å². The monoisotopic (exact) mass is 283 g/mol. The summed E-state index contributed by atoms with van der Waals surface area (Å²) in [4.78, 5) is 8.32. The number of hydrogen-bond donors (Lipinski definition) is 1. The van der Waals surface area contributed by atoms with Crippen molar-refractivity contribution in [2.75, 3.05) is 11.9 Å². The van der Waals surface area contributed by atoms with E-state index in [2.05, 4.69) is 37.3 Å². The van der Waals surface area contributed by atoms with E-state index < -0.39 is 0 Å². The minimum Gasteiger partial charge on any atom is -0.361 e. The Morgan fingerprint density at radius 2 is 2.40 bits per heavy atom. The summed E-state index contributed by atoms with van der Waals surface area (Å²) in [5.74, 6) is 0. The van der Waals surface area contributed by atoms with Gasteiger partial charge in [-0.05, 0) is 34.0 Å². The molecule has 0 aliphatic carbocycles. The molecule has 0 saturated heterocycles. The molecule has 0 unspecified atom stereocenters. The van der Waals surface area contributed by atoms with Crippen molar-refractivity contribution in [3.8, 4) is 0 Å². The second-order valence-corrected chi connectivity index (χ2v) is 4.68. The summed E-state index contributed by atoms with van der Waals surface area (Å²) in [6.45, 7) is 0.881. The first-order valence-electron chi connectivity index (χ1n) is 4.58. The predicted molar refractivity (Wildman–Crippen MR) is 66.2 cm³/mol. The van der Waals surface area contributed by atoms with E-state index in [-0.39, 0.29) is 0 Å². The summed E-state index contributed by atoms with van der Waals surface area (Å²) in [6, 6.07) is 4.03. The molecule has 0 aliphatic heterocycles. The highest BCUT2D eigenvalue weighted by molar-refractivity contribution is 9.10. The van der Waals surface area contributed by atoms with Gasteiger partial charge in [0.25, 0.3) is 0 Å². The van der Waals surface area contributed by atoms with E-state index in [0.717, 1.165) is 22.7 Å². The Morgan fingerprint density at radius 1 is 1.47 bits per heavy atom. The van der Waals surface area contributed by atoms with Gasteiger partial charge in [0, 0.05) is 24.3 Å². The van der Waals surface area contributed by atoms with Gasteiger partial charge in [-0.2, -0.15) is 0 Å². The smallest absolute Gasteiger partial charge is 0.183 e. The topological polar surface area (TPSA) is 37.8 Å². The summed E-state index contributed by atoms with van der Waals surface area (Å²) >= 11 is 4.92. The fraction of sp³-hybridized carbons (Fsp3) is 0.200. The third kappa shape index (κ3) is 3.28. The molecular formula is C10H10BrN3S. The molecule has 5 heteroatoms. The summed E-state index contributed by atoms with van der Waals surface area (Å²) in [6.07, 6.45) is 4.64. The van der Waals surface area contributed by atoms with Gasteiger partial charge in [0.05, 0.1) is 0 Å². The maximum Gasteiger partial charge on any atom is 0.183 e. The fourth-order valence-electron chi connectivity index (χ4n) is 1.20. The van der Waals surface area contributed by atoms with Gasteiger partial charge in [-0.25, -0.2) is 4.98 Å². The molecule has 0 bridgehead atoms. The molecule has 0 saturated carbocycles. The van der Waals surface area contributed by atoms with Crippen LogP contribution in [0.15, 0.2) is 34.5 Å². The van der Waals surface area contributed by atoms with Crippen LogP contribution in [-0.2, 0) is 6.42 Å². The van der Waals surface area contributed by atoms with E-state index in [1.54, 1.807) is 17.5 Å². The van der Waals surface area contributed by atoms with E-state index in [9.17, 15) is 0 Å². The molecule has 3 nitrogen and oxygen atoms in total. The van der Waals surface area contributed by atoms with E-state index in [1.807, 2.05) is 17.6 Å². The minimum atomic E-state index is 0.881. The van der Waals surface area contributed by atoms with Crippen molar-refractivity contribution >= 4 is 32.4 Å². The van der Waals surface area contributed by atoms with E-state index in [4.69, 9.17) is 0 Å². The van der Waals surface area contributed by atoms with Crippen LogP contribution in [0.4, 0.5) is 5.13 Å². The first-order valence-corrected chi connectivity index (χ1v) is 6.25. The molecule has 0 amide bonds. The lowest BCUT2D eigenvalue weighted by Gasteiger charge is -2.01. The van der Waals surface area contributed by atoms with Crippen LogP contribution < -0.4 is 5.32 Å². The molecule has 0 aromatic carbocycles. The molecule has 0 spiro atoms. The Labute approximate surface area is 101 Å². The normalized spacial score (nSPS) is 10.2. The van der Waals surface area contributed by atoms with E-state index in [0.29, 0.717) is 0 Å².